The molecule has 3 aliphatic heterocycles. The van der Waals surface area contributed by atoms with Gasteiger partial charge in [-0.1, -0.05) is 43.2 Å². The van der Waals surface area contributed by atoms with E-state index in [1.54, 1.807) is 24.8 Å². The van der Waals surface area contributed by atoms with Gasteiger partial charge in [-0.3, -0.25) is 24.0 Å². The Balaban J connectivity index is 0.949. The molecule has 2 saturated heterocycles. The first kappa shape index (κ1) is 51.2. The van der Waals surface area contributed by atoms with Gasteiger partial charge in [0.2, 0.25) is 5.88 Å². The number of piperazine rings is 1. The van der Waals surface area contributed by atoms with E-state index in [1.807, 2.05) is 48.2 Å². The number of ether oxygens (including phenoxy) is 1. The van der Waals surface area contributed by atoms with Gasteiger partial charge in [0.15, 0.2) is 0 Å². The van der Waals surface area contributed by atoms with Crippen LogP contribution in [0.3, 0.4) is 0 Å². The second kappa shape index (κ2) is 21.0. The largest absolute Gasteiger partial charge is 0.476 e. The molecule has 384 valence electrons. The number of carbonyl (C=O) groups excluding carboxylic acids is 1. The van der Waals surface area contributed by atoms with E-state index < -0.39 is 41.2 Å². The van der Waals surface area contributed by atoms with Crippen LogP contribution >= 0.6 is 11.6 Å². The van der Waals surface area contributed by atoms with Crippen LogP contribution < -0.4 is 24.6 Å². The lowest BCUT2D eigenvalue weighted by atomic mass is 9.72. The molecule has 3 aromatic carbocycles. The van der Waals surface area contributed by atoms with Gasteiger partial charge in [0.05, 0.1) is 33.7 Å². The second-order valence-electron chi connectivity index (χ2n) is 20.7. The van der Waals surface area contributed by atoms with Gasteiger partial charge in [0, 0.05) is 116 Å². The molecule has 9 rings (SSSR count). The first-order valence-electron chi connectivity index (χ1n) is 24.7. The van der Waals surface area contributed by atoms with E-state index in [9.17, 15) is 27.5 Å². The lowest BCUT2D eigenvalue weighted by Gasteiger charge is -2.39. The molecule has 2 fully saturated rings. The molecule has 1 amide bonds. The van der Waals surface area contributed by atoms with Crippen LogP contribution in [0.25, 0.3) is 16.6 Å². The Morgan fingerprint density at radius 2 is 1.71 bits per heavy atom. The molecule has 5 aromatic rings. The topological polar surface area (TPSA) is 199 Å². The summed E-state index contributed by atoms with van der Waals surface area (Å²) in [7, 11) is -6.82. The number of anilines is 4. The average Bonchev–Trinajstić information content (AvgIpc) is 3.69. The third kappa shape index (κ3) is 12.0. The fourth-order valence-electron chi connectivity index (χ4n) is 10.5. The fraction of sp³-hybridized carbons (Fsp3) is 0.462. The predicted octanol–water partition coefficient (Wildman–Crippen LogP) is 8.94. The molecule has 0 radical (unpaired) electrons. The molecule has 0 saturated carbocycles. The van der Waals surface area contributed by atoms with E-state index in [4.69, 9.17) is 21.3 Å². The first-order valence-corrected chi connectivity index (χ1v) is 28.9. The molecule has 1 aliphatic carbocycles. The summed E-state index contributed by atoms with van der Waals surface area (Å²) in [5, 5.41) is 17.2. The Morgan fingerprint density at radius 3 is 2.43 bits per heavy atom. The number of likely N-dealkylation sites (tertiary alicyclic amines) is 1. The van der Waals surface area contributed by atoms with E-state index in [2.05, 4.69) is 60.1 Å². The molecule has 1 unspecified atom stereocenters. The fourth-order valence-corrected chi connectivity index (χ4v) is 12.5. The minimum atomic E-state index is -4.62. The number of nitro benzene ring substituents is 1. The summed E-state index contributed by atoms with van der Waals surface area (Å²) in [6, 6.07) is 20.9. The average molecular weight is 1040 g/mol. The number of carbonyl (C=O) groups is 1. The highest BCUT2D eigenvalue weighted by Crippen LogP contribution is 2.44. The normalized spacial score (nSPS) is 18.8. The van der Waals surface area contributed by atoms with Crippen LogP contribution in [0.15, 0.2) is 93.8 Å². The van der Waals surface area contributed by atoms with Crippen molar-refractivity contribution in [2.24, 2.45) is 9.78 Å². The number of halogens is 1. The summed E-state index contributed by atoms with van der Waals surface area (Å²) in [6.45, 7) is 13.5. The standard InChI is InChI=1S/C52H65ClN10O7S2/c1-35(33-59-22-17-40(18-23-59)57-71(4,5)67)55-45-14-12-42(31-47(45)63(65)66)72(68,69)58-50(64)43-13-11-41(30-46(43)62-21-6-28-70-51-48(62)29-37-16-20-54-49(37)56-51)61-26-24-60(25-27-61)34-38-15-19-52(2,3)32-44(38)36-7-9-39(53)10-8-36/h7-14,16,20,29-31,35,40,55H,6,15,17-19,21-28,32-34H2,1-5H3,(H,54,56)(H,58,64). The molecule has 3 N–H and O–H groups in total. The zero-order chi connectivity index (χ0) is 51.0. The number of nitrogens with one attached hydrogen (secondary N) is 3. The van der Waals surface area contributed by atoms with Gasteiger partial charge in [-0.15, -0.1) is 0 Å². The van der Waals surface area contributed by atoms with E-state index >= 15 is 0 Å². The number of hydrogen-bond acceptors (Lipinski definition) is 14. The van der Waals surface area contributed by atoms with Gasteiger partial charge >= 0.3 is 0 Å². The summed E-state index contributed by atoms with van der Waals surface area (Å²) >= 11 is 6.28. The molecular formula is C52H65ClN10O7S2. The Bertz CT molecular complexity index is 3110. The van der Waals surface area contributed by atoms with Crippen molar-refractivity contribution in [2.45, 2.75) is 76.3 Å². The van der Waals surface area contributed by atoms with E-state index in [0.717, 1.165) is 100 Å². The summed E-state index contributed by atoms with van der Waals surface area (Å²) in [5.74, 6) is -0.505. The SMILES string of the molecule is CC(CN1CCC(N=S(C)(C)=O)CC1)Nc1ccc(S(=O)(=O)NC(=O)c2ccc(N3CCN(CC4=C(c5ccc(Cl)cc5)CC(C)(C)CC4)CC3)cc2N2CCCOc3nc4[nH]ccc4cc32)cc1[N+](=O)[O-]. The van der Waals surface area contributed by atoms with Crippen LogP contribution in [0.5, 0.6) is 5.88 Å². The zero-order valence-electron chi connectivity index (χ0n) is 41.7. The molecule has 20 heteroatoms. The summed E-state index contributed by atoms with van der Waals surface area (Å²) in [5.41, 5.74) is 6.79. The van der Waals surface area contributed by atoms with Crippen LogP contribution in [0.2, 0.25) is 5.02 Å². The molecule has 72 heavy (non-hydrogen) atoms. The second-order valence-corrected chi connectivity index (χ2v) is 25.4. The Hall–Kier alpha value is -5.73. The number of rotatable bonds is 14. The van der Waals surface area contributed by atoms with Gasteiger partial charge in [0.25, 0.3) is 21.6 Å². The van der Waals surface area contributed by atoms with Gasteiger partial charge in [0.1, 0.15) is 17.0 Å². The molecule has 1 atom stereocenters. The summed E-state index contributed by atoms with van der Waals surface area (Å²) in [6.07, 6.45) is 10.4. The Kier molecular flexibility index (Phi) is 14.9. The van der Waals surface area contributed by atoms with Crippen molar-refractivity contribution in [3.05, 3.63) is 111 Å². The van der Waals surface area contributed by atoms with Gasteiger partial charge in [-0.05, 0) is 117 Å². The number of allylic oxidation sites excluding steroid dienone is 1. The molecule has 2 aromatic heterocycles. The zero-order valence-corrected chi connectivity index (χ0v) is 44.0. The van der Waals surface area contributed by atoms with Crippen molar-refractivity contribution in [3.8, 4) is 5.88 Å². The number of fused-ring (bicyclic) bond motifs is 2. The Morgan fingerprint density at radius 1 is 0.958 bits per heavy atom. The molecular weight excluding hydrogens is 976 g/mol. The third-order valence-corrected chi connectivity index (χ3v) is 16.6. The molecule has 4 aliphatic rings. The maximum Gasteiger partial charge on any atom is 0.293 e. The lowest BCUT2D eigenvalue weighted by Crippen LogP contribution is -2.47. The molecule has 0 spiro atoms. The number of piperidine rings is 1. The van der Waals surface area contributed by atoms with Crippen molar-refractivity contribution in [2.75, 3.05) is 93.1 Å². The van der Waals surface area contributed by atoms with Crippen LogP contribution in [-0.2, 0) is 19.8 Å². The smallest absolute Gasteiger partial charge is 0.293 e. The van der Waals surface area contributed by atoms with Crippen molar-refractivity contribution in [1.29, 1.82) is 0 Å². The van der Waals surface area contributed by atoms with Crippen molar-refractivity contribution in [3.63, 3.8) is 0 Å². The van der Waals surface area contributed by atoms with Crippen LogP contribution in [0.4, 0.5) is 28.4 Å². The molecule has 17 nitrogen and oxygen atoms in total. The van der Waals surface area contributed by atoms with E-state index in [1.165, 1.54) is 28.8 Å². The summed E-state index contributed by atoms with van der Waals surface area (Å²) < 4.78 is 53.3. The summed E-state index contributed by atoms with van der Waals surface area (Å²) in [4.78, 5) is 42.8. The number of aromatic amines is 1. The van der Waals surface area contributed by atoms with Gasteiger partial charge in [-0.25, -0.2) is 17.5 Å². The number of H-pyrrole nitrogens is 1. The Labute approximate surface area is 427 Å². The maximum absolute atomic E-state index is 14.5. The van der Waals surface area contributed by atoms with Crippen LogP contribution in [0.1, 0.15) is 75.2 Å². The minimum Gasteiger partial charge on any atom is -0.476 e. The monoisotopic (exact) mass is 1040 g/mol. The van der Waals surface area contributed by atoms with Crippen LogP contribution in [0, 0.1) is 15.5 Å². The number of pyridine rings is 1. The number of nitrogens with zero attached hydrogens (tertiary/aromatic N) is 7. The number of hydrogen-bond donors (Lipinski definition) is 3. The van der Waals surface area contributed by atoms with E-state index in [-0.39, 0.29) is 28.7 Å². The number of sulfonamides is 1. The lowest BCUT2D eigenvalue weighted by molar-refractivity contribution is -0.384. The van der Waals surface area contributed by atoms with Gasteiger partial charge in [-0.2, -0.15) is 4.98 Å². The molecule has 0 bridgehead atoms. The molecule has 5 heterocycles. The number of aromatic nitrogens is 2. The van der Waals surface area contributed by atoms with Gasteiger partial charge < -0.3 is 29.7 Å². The predicted molar refractivity (Wildman–Crippen MR) is 287 cm³/mol. The highest BCUT2D eigenvalue weighted by Gasteiger charge is 2.32. The highest BCUT2D eigenvalue weighted by molar-refractivity contribution is 7.92. The van der Waals surface area contributed by atoms with E-state index in [0.29, 0.717) is 49.0 Å². The van der Waals surface area contributed by atoms with Crippen LogP contribution in [-0.4, -0.2) is 133 Å². The van der Waals surface area contributed by atoms with Crippen molar-refractivity contribution in [1.82, 2.24) is 24.5 Å². The number of amides is 1. The minimum absolute atomic E-state index is 0.0363. The third-order valence-electron chi connectivity index (χ3n) is 14.2. The van der Waals surface area contributed by atoms with Crippen molar-refractivity contribution < 1.29 is 27.1 Å². The first-order chi connectivity index (χ1) is 34.3. The van der Waals surface area contributed by atoms with Crippen molar-refractivity contribution >= 4 is 82.3 Å². The number of nitro groups is 1. The number of benzene rings is 3. The quantitative estimate of drug-likeness (QED) is 0.0704. The maximum atomic E-state index is 14.5. The highest BCUT2D eigenvalue weighted by atomic mass is 35.5.